The minimum atomic E-state index is -0.388. The van der Waals surface area contributed by atoms with Crippen molar-refractivity contribution in [2.45, 2.75) is 0 Å². The van der Waals surface area contributed by atoms with E-state index in [9.17, 15) is 9.59 Å². The molecule has 2 rings (SSSR count). The van der Waals surface area contributed by atoms with E-state index in [4.69, 9.17) is 16.3 Å². The lowest BCUT2D eigenvalue weighted by Gasteiger charge is -2.12. The van der Waals surface area contributed by atoms with Gasteiger partial charge in [-0.05, 0) is 30.3 Å². The number of halogens is 1. The summed E-state index contributed by atoms with van der Waals surface area (Å²) in [5, 5.41) is 5.56. The number of anilines is 1. The molecule has 2 aromatic carbocycles. The minimum Gasteiger partial charge on any atom is -0.497 e. The van der Waals surface area contributed by atoms with Crippen LogP contribution in [-0.2, 0) is 0 Å². The predicted octanol–water partition coefficient (Wildman–Crippen LogP) is 2.96. The van der Waals surface area contributed by atoms with Gasteiger partial charge in [-0.3, -0.25) is 9.59 Å². The summed E-state index contributed by atoms with van der Waals surface area (Å²) in [5.41, 5.74) is 1.02. The number of carbonyl (C=O) groups is 2. The van der Waals surface area contributed by atoms with Crippen LogP contribution in [0, 0.1) is 0 Å². The zero-order valence-corrected chi connectivity index (χ0v) is 12.9. The van der Waals surface area contributed by atoms with E-state index in [1.807, 2.05) is 0 Å². The van der Waals surface area contributed by atoms with Crippen LogP contribution < -0.4 is 15.4 Å². The van der Waals surface area contributed by atoms with Crippen molar-refractivity contribution in [1.29, 1.82) is 0 Å². The zero-order chi connectivity index (χ0) is 16.1. The molecule has 0 aliphatic rings. The van der Waals surface area contributed by atoms with Crippen LogP contribution in [0.5, 0.6) is 5.75 Å². The summed E-state index contributed by atoms with van der Waals surface area (Å²) in [5.74, 6) is -0.191. The molecule has 0 unspecified atom stereocenters. The number of ether oxygens (including phenoxy) is 1. The van der Waals surface area contributed by atoms with Crippen molar-refractivity contribution >= 4 is 29.1 Å². The predicted molar refractivity (Wildman–Crippen MR) is 85.8 cm³/mol. The van der Waals surface area contributed by atoms with Crippen molar-refractivity contribution in [1.82, 2.24) is 5.32 Å². The van der Waals surface area contributed by atoms with Crippen molar-refractivity contribution in [3.05, 3.63) is 58.6 Å². The second-order valence-corrected chi connectivity index (χ2v) is 4.83. The first-order valence-electron chi connectivity index (χ1n) is 6.52. The molecule has 2 N–H and O–H groups in total. The van der Waals surface area contributed by atoms with Crippen LogP contribution in [0.15, 0.2) is 42.5 Å². The average molecular weight is 319 g/mol. The van der Waals surface area contributed by atoms with E-state index < -0.39 is 0 Å². The normalized spacial score (nSPS) is 9.95. The van der Waals surface area contributed by atoms with Crippen LogP contribution in [0.3, 0.4) is 0 Å². The molecule has 2 amide bonds. The molecule has 0 aromatic heterocycles. The molecule has 0 saturated carbocycles. The summed E-state index contributed by atoms with van der Waals surface area (Å²) in [4.78, 5) is 24.2. The molecule has 0 saturated heterocycles. The topological polar surface area (TPSA) is 67.4 Å². The number of hydrogen-bond donors (Lipinski definition) is 2. The first kappa shape index (κ1) is 15.9. The Labute approximate surface area is 133 Å². The van der Waals surface area contributed by atoms with Crippen molar-refractivity contribution < 1.29 is 14.3 Å². The third kappa shape index (κ3) is 3.38. The monoisotopic (exact) mass is 318 g/mol. The number of methoxy groups -OCH3 is 1. The molecule has 5 nitrogen and oxygen atoms in total. The highest BCUT2D eigenvalue weighted by Gasteiger charge is 2.16. The lowest BCUT2D eigenvalue weighted by molar-refractivity contribution is 0.0963. The number of carbonyl (C=O) groups excluding carboxylic acids is 2. The Bertz CT molecular complexity index is 716. The fourth-order valence-corrected chi connectivity index (χ4v) is 2.14. The van der Waals surface area contributed by atoms with Gasteiger partial charge < -0.3 is 15.4 Å². The van der Waals surface area contributed by atoms with Gasteiger partial charge in [0.05, 0.1) is 28.9 Å². The largest absolute Gasteiger partial charge is 0.497 e. The molecule has 0 spiro atoms. The smallest absolute Gasteiger partial charge is 0.257 e. The second kappa shape index (κ2) is 6.95. The highest BCUT2D eigenvalue weighted by atomic mass is 35.5. The van der Waals surface area contributed by atoms with Crippen molar-refractivity contribution in [3.63, 3.8) is 0 Å². The molecule has 2 aromatic rings. The molecule has 0 heterocycles. The van der Waals surface area contributed by atoms with Crippen LogP contribution in [0.25, 0.3) is 0 Å². The van der Waals surface area contributed by atoms with Gasteiger partial charge in [-0.15, -0.1) is 0 Å². The third-order valence-electron chi connectivity index (χ3n) is 3.07. The molecule has 0 bridgehead atoms. The maximum absolute atomic E-state index is 12.3. The highest BCUT2D eigenvalue weighted by Crippen LogP contribution is 2.24. The van der Waals surface area contributed by atoms with E-state index in [2.05, 4.69) is 10.6 Å². The summed E-state index contributed by atoms with van der Waals surface area (Å²) >= 11 is 6.00. The van der Waals surface area contributed by atoms with E-state index in [1.165, 1.54) is 14.2 Å². The van der Waals surface area contributed by atoms with Crippen LogP contribution >= 0.6 is 11.6 Å². The van der Waals surface area contributed by atoms with E-state index in [-0.39, 0.29) is 11.8 Å². The Morgan fingerprint density at radius 1 is 1.05 bits per heavy atom. The first-order valence-corrected chi connectivity index (χ1v) is 6.90. The molecule has 0 aliphatic heterocycles. The maximum Gasteiger partial charge on any atom is 0.257 e. The van der Waals surface area contributed by atoms with Gasteiger partial charge in [0.2, 0.25) is 0 Å². The molecular weight excluding hydrogens is 304 g/mol. The molecule has 0 radical (unpaired) electrons. The molecular formula is C16H15ClN2O3. The van der Waals surface area contributed by atoms with Gasteiger partial charge in [0.25, 0.3) is 11.8 Å². The molecule has 0 fully saturated rings. The lowest BCUT2D eigenvalue weighted by atomic mass is 10.1. The fourth-order valence-electron chi connectivity index (χ4n) is 1.92. The summed E-state index contributed by atoms with van der Waals surface area (Å²) in [6, 6.07) is 11.5. The Morgan fingerprint density at radius 2 is 1.77 bits per heavy atom. The molecule has 114 valence electrons. The summed E-state index contributed by atoms with van der Waals surface area (Å²) in [6.07, 6.45) is 0. The minimum absolute atomic E-state index is 0.308. The van der Waals surface area contributed by atoms with Gasteiger partial charge in [-0.1, -0.05) is 23.7 Å². The van der Waals surface area contributed by atoms with Crippen LogP contribution in [0.2, 0.25) is 5.02 Å². The van der Waals surface area contributed by atoms with E-state index >= 15 is 0 Å². The summed E-state index contributed by atoms with van der Waals surface area (Å²) in [6.45, 7) is 0. The fraction of sp³-hybridized carbons (Fsp3) is 0.125. The van der Waals surface area contributed by atoms with Gasteiger partial charge in [0.15, 0.2) is 0 Å². The first-order chi connectivity index (χ1) is 10.6. The van der Waals surface area contributed by atoms with Gasteiger partial charge >= 0.3 is 0 Å². The number of nitrogens with one attached hydrogen (secondary N) is 2. The number of benzene rings is 2. The Morgan fingerprint density at radius 3 is 2.41 bits per heavy atom. The second-order valence-electron chi connectivity index (χ2n) is 4.42. The van der Waals surface area contributed by atoms with Crippen LogP contribution in [0.4, 0.5) is 5.69 Å². The Kier molecular flexibility index (Phi) is 5.01. The van der Waals surface area contributed by atoms with E-state index in [0.717, 1.165) is 0 Å². The summed E-state index contributed by atoms with van der Waals surface area (Å²) in [7, 11) is 3.02. The third-order valence-corrected chi connectivity index (χ3v) is 3.39. The van der Waals surface area contributed by atoms with Crippen molar-refractivity contribution in [2.24, 2.45) is 0 Å². The van der Waals surface area contributed by atoms with E-state index in [1.54, 1.807) is 42.5 Å². The Hall–Kier alpha value is -2.53. The lowest BCUT2D eigenvalue weighted by Crippen LogP contribution is -2.21. The standard InChI is InChI=1S/C16H15ClN2O3/c1-18-15(20)12-9-10(22-2)7-8-14(12)19-16(21)11-5-3-4-6-13(11)17/h3-9H,1-2H3,(H,18,20)(H,19,21). The van der Waals surface area contributed by atoms with Gasteiger partial charge in [0, 0.05) is 7.05 Å². The average Bonchev–Trinajstić information content (AvgIpc) is 2.54. The summed E-state index contributed by atoms with van der Waals surface area (Å²) < 4.78 is 5.10. The number of rotatable bonds is 4. The quantitative estimate of drug-likeness (QED) is 0.910. The van der Waals surface area contributed by atoms with Gasteiger partial charge in [0.1, 0.15) is 5.75 Å². The molecule has 22 heavy (non-hydrogen) atoms. The molecule has 6 heteroatoms. The maximum atomic E-state index is 12.3. The zero-order valence-electron chi connectivity index (χ0n) is 12.1. The molecule has 0 atom stereocenters. The number of hydrogen-bond acceptors (Lipinski definition) is 3. The molecule has 0 aliphatic carbocycles. The SMILES string of the molecule is CNC(=O)c1cc(OC)ccc1NC(=O)c1ccccc1Cl. The van der Waals surface area contributed by atoms with Crippen molar-refractivity contribution in [2.75, 3.05) is 19.5 Å². The Balaban J connectivity index is 2.35. The van der Waals surface area contributed by atoms with Gasteiger partial charge in [-0.25, -0.2) is 0 Å². The van der Waals surface area contributed by atoms with Crippen LogP contribution in [0.1, 0.15) is 20.7 Å². The van der Waals surface area contributed by atoms with E-state index in [0.29, 0.717) is 27.6 Å². The van der Waals surface area contributed by atoms with Gasteiger partial charge in [-0.2, -0.15) is 0 Å². The van der Waals surface area contributed by atoms with Crippen LogP contribution in [-0.4, -0.2) is 26.0 Å². The highest BCUT2D eigenvalue weighted by molar-refractivity contribution is 6.34. The van der Waals surface area contributed by atoms with Crippen molar-refractivity contribution in [3.8, 4) is 5.75 Å². The number of amides is 2.